The van der Waals surface area contributed by atoms with Gasteiger partial charge in [-0.2, -0.15) is 5.26 Å². The lowest BCUT2D eigenvalue weighted by molar-refractivity contribution is 1.09. The Morgan fingerprint density at radius 3 is 2.62 bits per heavy atom. The second-order valence-corrected chi connectivity index (χ2v) is 3.29. The van der Waals surface area contributed by atoms with Gasteiger partial charge in [-0.15, -0.1) is 0 Å². The molecule has 1 aromatic carbocycles. The van der Waals surface area contributed by atoms with Gasteiger partial charge in [0.2, 0.25) is 0 Å². The third-order valence-corrected chi connectivity index (χ3v) is 2.19. The molecule has 0 saturated heterocycles. The van der Waals surface area contributed by atoms with E-state index in [1.165, 1.54) is 6.33 Å². The minimum atomic E-state index is 0.478. The van der Waals surface area contributed by atoms with Crippen molar-refractivity contribution in [1.29, 1.82) is 5.26 Å². The first-order chi connectivity index (χ1) is 7.81. The fraction of sp³-hybridized carbons (Fsp3) is 0.0833. The van der Waals surface area contributed by atoms with Gasteiger partial charge in [0.15, 0.2) is 5.82 Å². The van der Waals surface area contributed by atoms with Gasteiger partial charge in [0.05, 0.1) is 5.69 Å². The molecule has 0 spiro atoms. The van der Waals surface area contributed by atoms with E-state index in [9.17, 15) is 0 Å². The summed E-state index contributed by atoms with van der Waals surface area (Å²) < 4.78 is 0. The minimum absolute atomic E-state index is 0.478. The molecule has 0 atom stereocenters. The van der Waals surface area contributed by atoms with Crippen LogP contribution >= 0.6 is 0 Å². The van der Waals surface area contributed by atoms with Crippen molar-refractivity contribution in [3.8, 4) is 6.07 Å². The summed E-state index contributed by atoms with van der Waals surface area (Å²) in [6.45, 7) is 1.79. The van der Waals surface area contributed by atoms with Crippen molar-refractivity contribution in [2.24, 2.45) is 0 Å². The molecule has 4 nitrogen and oxygen atoms in total. The number of anilines is 2. The number of aryl methyl sites for hydroxylation is 1. The minimum Gasteiger partial charge on any atom is -0.339 e. The standard InChI is InChI=1S/C12H10N4/c1-9-11(7-13)12(15-8-14-9)16-10-5-3-2-4-6-10/h2-6,8H,1H3,(H,14,15,16). The summed E-state index contributed by atoms with van der Waals surface area (Å²) in [5, 5.41) is 12.1. The smallest absolute Gasteiger partial charge is 0.152 e. The average Bonchev–Trinajstić information content (AvgIpc) is 2.31. The lowest BCUT2D eigenvalue weighted by Crippen LogP contribution is -2.00. The molecule has 78 valence electrons. The molecule has 1 aromatic heterocycles. The number of nitriles is 1. The molecule has 0 bridgehead atoms. The molecule has 0 aliphatic carbocycles. The number of hydrogen-bond donors (Lipinski definition) is 1. The Labute approximate surface area is 93.6 Å². The van der Waals surface area contributed by atoms with Gasteiger partial charge in [-0.3, -0.25) is 0 Å². The molecule has 1 heterocycles. The molecule has 0 unspecified atom stereocenters. The van der Waals surface area contributed by atoms with Crippen molar-refractivity contribution in [2.45, 2.75) is 6.92 Å². The van der Waals surface area contributed by atoms with Gasteiger partial charge in [0, 0.05) is 5.69 Å². The quantitative estimate of drug-likeness (QED) is 0.826. The Hall–Kier alpha value is -2.41. The van der Waals surface area contributed by atoms with Crippen molar-refractivity contribution in [1.82, 2.24) is 9.97 Å². The number of benzene rings is 1. The maximum atomic E-state index is 9.01. The van der Waals surface area contributed by atoms with E-state index >= 15 is 0 Å². The summed E-state index contributed by atoms with van der Waals surface area (Å²) in [6, 6.07) is 11.7. The van der Waals surface area contributed by atoms with Gasteiger partial charge in [-0.25, -0.2) is 9.97 Å². The lowest BCUT2D eigenvalue weighted by Gasteiger charge is -2.07. The maximum Gasteiger partial charge on any atom is 0.152 e. The van der Waals surface area contributed by atoms with E-state index < -0.39 is 0 Å². The second kappa shape index (κ2) is 4.41. The zero-order valence-electron chi connectivity index (χ0n) is 8.81. The number of nitrogens with one attached hydrogen (secondary N) is 1. The van der Waals surface area contributed by atoms with E-state index in [4.69, 9.17) is 5.26 Å². The zero-order chi connectivity index (χ0) is 11.4. The maximum absolute atomic E-state index is 9.01. The number of hydrogen-bond acceptors (Lipinski definition) is 4. The van der Waals surface area contributed by atoms with Crippen molar-refractivity contribution in [3.05, 3.63) is 47.9 Å². The number of aromatic nitrogens is 2. The highest BCUT2D eigenvalue weighted by molar-refractivity contribution is 5.63. The van der Waals surface area contributed by atoms with E-state index in [2.05, 4.69) is 21.4 Å². The van der Waals surface area contributed by atoms with Crippen molar-refractivity contribution in [2.75, 3.05) is 5.32 Å². The zero-order valence-corrected chi connectivity index (χ0v) is 8.81. The van der Waals surface area contributed by atoms with Gasteiger partial charge in [0.25, 0.3) is 0 Å². The van der Waals surface area contributed by atoms with Gasteiger partial charge in [0.1, 0.15) is 18.0 Å². The molecule has 0 fully saturated rings. The highest BCUT2D eigenvalue weighted by Crippen LogP contribution is 2.18. The number of nitrogens with zero attached hydrogens (tertiary/aromatic N) is 3. The molecular weight excluding hydrogens is 200 g/mol. The summed E-state index contributed by atoms with van der Waals surface area (Å²) >= 11 is 0. The van der Waals surface area contributed by atoms with Crippen LogP contribution in [0.1, 0.15) is 11.3 Å². The third-order valence-electron chi connectivity index (χ3n) is 2.19. The lowest BCUT2D eigenvalue weighted by atomic mass is 10.2. The van der Waals surface area contributed by atoms with Crippen LogP contribution in [0, 0.1) is 18.3 Å². The van der Waals surface area contributed by atoms with Crippen LogP contribution in [-0.2, 0) is 0 Å². The van der Waals surface area contributed by atoms with E-state index in [0.29, 0.717) is 17.1 Å². The molecule has 0 aliphatic rings. The highest BCUT2D eigenvalue weighted by Gasteiger charge is 2.07. The summed E-state index contributed by atoms with van der Waals surface area (Å²) in [5.74, 6) is 0.543. The molecule has 1 N–H and O–H groups in total. The first-order valence-electron chi connectivity index (χ1n) is 4.85. The Bertz CT molecular complexity index is 528. The van der Waals surface area contributed by atoms with E-state index in [-0.39, 0.29) is 0 Å². The van der Waals surface area contributed by atoms with Crippen LogP contribution in [0.25, 0.3) is 0 Å². The van der Waals surface area contributed by atoms with E-state index in [0.717, 1.165) is 5.69 Å². The molecule has 0 amide bonds. The summed E-state index contributed by atoms with van der Waals surface area (Å²) in [5.41, 5.74) is 2.05. The normalized spacial score (nSPS) is 9.50. The number of para-hydroxylation sites is 1. The third kappa shape index (κ3) is 1.98. The second-order valence-electron chi connectivity index (χ2n) is 3.29. The van der Waals surface area contributed by atoms with Gasteiger partial charge in [-0.05, 0) is 19.1 Å². The summed E-state index contributed by atoms with van der Waals surface area (Å²) in [4.78, 5) is 8.04. The first-order valence-corrected chi connectivity index (χ1v) is 4.85. The van der Waals surface area contributed by atoms with Crippen molar-refractivity contribution < 1.29 is 0 Å². The topological polar surface area (TPSA) is 61.6 Å². The molecule has 0 radical (unpaired) electrons. The van der Waals surface area contributed by atoms with E-state index in [1.807, 2.05) is 30.3 Å². The predicted molar refractivity (Wildman–Crippen MR) is 61.2 cm³/mol. The van der Waals surface area contributed by atoms with Gasteiger partial charge >= 0.3 is 0 Å². The molecule has 4 heteroatoms. The van der Waals surface area contributed by atoms with Crippen LogP contribution in [0.3, 0.4) is 0 Å². The monoisotopic (exact) mass is 210 g/mol. The molecule has 0 saturated carbocycles. The Morgan fingerprint density at radius 1 is 1.19 bits per heavy atom. The predicted octanol–water partition coefficient (Wildman–Crippen LogP) is 2.40. The molecule has 2 rings (SSSR count). The highest BCUT2D eigenvalue weighted by atomic mass is 15.0. The fourth-order valence-corrected chi connectivity index (χ4v) is 1.36. The van der Waals surface area contributed by atoms with E-state index in [1.54, 1.807) is 6.92 Å². The van der Waals surface area contributed by atoms with Crippen LogP contribution in [0.2, 0.25) is 0 Å². The summed E-state index contributed by atoms with van der Waals surface area (Å²) in [7, 11) is 0. The Balaban J connectivity index is 2.36. The Kier molecular flexibility index (Phi) is 2.79. The van der Waals surface area contributed by atoms with Crippen molar-refractivity contribution in [3.63, 3.8) is 0 Å². The molecule has 16 heavy (non-hydrogen) atoms. The Morgan fingerprint density at radius 2 is 1.94 bits per heavy atom. The van der Waals surface area contributed by atoms with Crippen molar-refractivity contribution >= 4 is 11.5 Å². The fourth-order valence-electron chi connectivity index (χ4n) is 1.36. The largest absolute Gasteiger partial charge is 0.339 e. The van der Waals surface area contributed by atoms with Crippen LogP contribution in [0.4, 0.5) is 11.5 Å². The number of rotatable bonds is 2. The SMILES string of the molecule is Cc1ncnc(Nc2ccccc2)c1C#N. The first kappa shape index (κ1) is 10.1. The summed E-state index contributed by atoms with van der Waals surface area (Å²) in [6.07, 6.45) is 1.45. The van der Waals surface area contributed by atoms with Crippen LogP contribution in [-0.4, -0.2) is 9.97 Å². The van der Waals surface area contributed by atoms with Crippen LogP contribution in [0.5, 0.6) is 0 Å². The average molecular weight is 210 g/mol. The molecule has 2 aromatic rings. The molecule has 0 aliphatic heterocycles. The van der Waals surface area contributed by atoms with Gasteiger partial charge < -0.3 is 5.32 Å². The van der Waals surface area contributed by atoms with Gasteiger partial charge in [-0.1, -0.05) is 18.2 Å². The molecular formula is C12H10N4. The van der Waals surface area contributed by atoms with Crippen LogP contribution in [0.15, 0.2) is 36.7 Å². The van der Waals surface area contributed by atoms with Crippen LogP contribution < -0.4 is 5.32 Å².